The van der Waals surface area contributed by atoms with Gasteiger partial charge in [-0.25, -0.2) is 0 Å². The van der Waals surface area contributed by atoms with Crippen LogP contribution in [0.5, 0.6) is 0 Å². The summed E-state index contributed by atoms with van der Waals surface area (Å²) in [4.78, 5) is 24.5. The lowest BCUT2D eigenvalue weighted by molar-refractivity contribution is -0.255. The molecule has 6 fully saturated rings. The van der Waals surface area contributed by atoms with Crippen molar-refractivity contribution in [1.29, 1.82) is 0 Å². The van der Waals surface area contributed by atoms with Gasteiger partial charge in [0.15, 0.2) is 0 Å². The summed E-state index contributed by atoms with van der Waals surface area (Å²) in [6, 6.07) is 0. The highest BCUT2D eigenvalue weighted by Crippen LogP contribution is 2.69. The molecule has 3 aliphatic carbocycles. The predicted octanol–water partition coefficient (Wildman–Crippen LogP) is 0.828. The lowest BCUT2D eigenvalue weighted by Crippen LogP contribution is -2.68. The summed E-state index contributed by atoms with van der Waals surface area (Å²) < 4.78 is 17.7. The van der Waals surface area contributed by atoms with Gasteiger partial charge in [0.05, 0.1) is 35.7 Å². The van der Waals surface area contributed by atoms with Crippen molar-refractivity contribution in [3.05, 3.63) is 0 Å². The zero-order chi connectivity index (χ0) is 28.5. The Balaban J connectivity index is 1.36. The van der Waals surface area contributed by atoms with E-state index in [0.717, 1.165) is 0 Å². The molecule has 5 N–H and O–H groups in total. The van der Waals surface area contributed by atoms with Gasteiger partial charge in [0.2, 0.25) is 0 Å². The van der Waals surface area contributed by atoms with Crippen molar-refractivity contribution in [1.82, 2.24) is 0 Å². The first kappa shape index (κ1) is 27.8. The second-order valence-electron chi connectivity index (χ2n) is 14.5. The van der Waals surface area contributed by atoms with Crippen LogP contribution in [-0.4, -0.2) is 90.4 Å². The van der Waals surface area contributed by atoms with E-state index in [-0.39, 0.29) is 49.5 Å². The number of hydrogen-bond donors (Lipinski definition) is 5. The molecule has 3 saturated heterocycles. The Morgan fingerprint density at radius 1 is 1.03 bits per heavy atom. The van der Waals surface area contributed by atoms with Crippen LogP contribution in [0.1, 0.15) is 79.6 Å². The number of esters is 2. The van der Waals surface area contributed by atoms with Crippen molar-refractivity contribution in [2.45, 2.75) is 132 Å². The van der Waals surface area contributed by atoms with Crippen molar-refractivity contribution in [3.8, 4) is 0 Å². The molecule has 10 nitrogen and oxygen atoms in total. The topological polar surface area (TPSA) is 163 Å². The van der Waals surface area contributed by atoms with Crippen LogP contribution in [0, 0.1) is 35.0 Å². The van der Waals surface area contributed by atoms with Gasteiger partial charge in [0.25, 0.3) is 0 Å². The number of fused-ring (bicyclic) bond motifs is 3. The van der Waals surface area contributed by atoms with E-state index in [4.69, 9.17) is 14.2 Å². The maximum atomic E-state index is 12.6. The second kappa shape index (κ2) is 8.38. The molecular formula is C29H44O10. The minimum atomic E-state index is -1.86. The smallest absolute Gasteiger partial charge is 0.309 e. The molecule has 0 aromatic rings. The Kier molecular flexibility index (Phi) is 5.99. The van der Waals surface area contributed by atoms with Gasteiger partial charge in [-0.3, -0.25) is 9.59 Å². The highest BCUT2D eigenvalue weighted by molar-refractivity contribution is 5.74. The molecule has 0 aromatic heterocycles. The van der Waals surface area contributed by atoms with Gasteiger partial charge >= 0.3 is 11.9 Å². The number of cyclic esters (lactones) is 1. The third kappa shape index (κ3) is 3.42. The maximum Gasteiger partial charge on any atom is 0.309 e. The summed E-state index contributed by atoms with van der Waals surface area (Å²) in [6.07, 6.45) is -3.27. The van der Waals surface area contributed by atoms with Gasteiger partial charge in [-0.1, -0.05) is 20.8 Å². The summed E-state index contributed by atoms with van der Waals surface area (Å²) >= 11 is 0. The van der Waals surface area contributed by atoms with Crippen LogP contribution in [-0.2, 0) is 23.8 Å². The van der Waals surface area contributed by atoms with Gasteiger partial charge in [-0.05, 0) is 51.9 Å². The number of aliphatic hydroxyl groups is 5. The Bertz CT molecular complexity index is 1060. The number of hydrogen-bond acceptors (Lipinski definition) is 10. The lowest BCUT2D eigenvalue weighted by Gasteiger charge is -2.59. The summed E-state index contributed by atoms with van der Waals surface area (Å²) in [5.74, 6) is -3.40. The predicted molar refractivity (Wildman–Crippen MR) is 135 cm³/mol. The molecule has 220 valence electrons. The average Bonchev–Trinajstić information content (AvgIpc) is 3.40. The van der Waals surface area contributed by atoms with E-state index < -0.39 is 76.1 Å². The van der Waals surface area contributed by atoms with E-state index in [1.54, 1.807) is 13.8 Å². The van der Waals surface area contributed by atoms with Crippen molar-refractivity contribution < 1.29 is 49.3 Å². The third-order valence-corrected chi connectivity index (χ3v) is 12.2. The van der Waals surface area contributed by atoms with Gasteiger partial charge in [0, 0.05) is 29.6 Å². The molecule has 0 bridgehead atoms. The molecule has 1 spiro atoms. The summed E-state index contributed by atoms with van der Waals surface area (Å²) in [7, 11) is 0. The Morgan fingerprint density at radius 3 is 2.33 bits per heavy atom. The zero-order valence-corrected chi connectivity index (χ0v) is 23.5. The first-order valence-electron chi connectivity index (χ1n) is 14.6. The van der Waals surface area contributed by atoms with Gasteiger partial charge in [0.1, 0.15) is 29.5 Å². The summed E-state index contributed by atoms with van der Waals surface area (Å²) in [5, 5.41) is 59.1. The first-order valence-corrected chi connectivity index (χ1v) is 14.6. The number of carbonyl (C=O) groups is 2. The fourth-order valence-corrected chi connectivity index (χ4v) is 10.4. The average molecular weight is 553 g/mol. The molecule has 3 aliphatic heterocycles. The molecule has 3 heterocycles. The number of carbonyl (C=O) groups excluding carboxylic acids is 2. The molecule has 6 rings (SSSR count). The van der Waals surface area contributed by atoms with Crippen molar-refractivity contribution in [2.24, 2.45) is 35.0 Å². The summed E-state index contributed by atoms with van der Waals surface area (Å²) in [5.41, 5.74) is -6.00. The quantitative estimate of drug-likeness (QED) is 0.317. The minimum Gasteiger partial charge on any atom is -0.459 e. The third-order valence-electron chi connectivity index (χ3n) is 12.2. The highest BCUT2D eigenvalue weighted by atomic mass is 16.6. The van der Waals surface area contributed by atoms with E-state index in [9.17, 15) is 35.1 Å². The zero-order valence-electron chi connectivity index (χ0n) is 23.5. The molecule has 6 aliphatic rings. The molecule has 0 unspecified atom stereocenters. The van der Waals surface area contributed by atoms with E-state index in [0.29, 0.717) is 19.3 Å². The second-order valence-corrected chi connectivity index (χ2v) is 14.5. The molecule has 39 heavy (non-hydrogen) atoms. The fraction of sp³-hybridized carbons (Fsp3) is 0.931. The normalized spacial score (nSPS) is 55.5. The van der Waals surface area contributed by atoms with Crippen LogP contribution >= 0.6 is 0 Å². The van der Waals surface area contributed by atoms with Crippen LogP contribution in [0.3, 0.4) is 0 Å². The van der Waals surface area contributed by atoms with Gasteiger partial charge < -0.3 is 39.7 Å². The van der Waals surface area contributed by atoms with Gasteiger partial charge in [-0.15, -0.1) is 0 Å². The Labute approximate surface area is 229 Å². The molecule has 0 radical (unpaired) electrons. The first-order chi connectivity index (χ1) is 18.0. The van der Waals surface area contributed by atoms with Crippen LogP contribution in [0.4, 0.5) is 0 Å². The van der Waals surface area contributed by atoms with Crippen molar-refractivity contribution >= 4 is 11.9 Å². The van der Waals surface area contributed by atoms with Crippen LogP contribution in [0.25, 0.3) is 0 Å². The Hall–Kier alpha value is -1.30. The molecule has 3 saturated carbocycles. The minimum absolute atomic E-state index is 0.0924. The van der Waals surface area contributed by atoms with Crippen LogP contribution < -0.4 is 0 Å². The SMILES string of the molecule is C[C@@H]([C@@H](O)[C@@H]1C[C@@H](C)C(=O)O1)[C@H]1[C@@H](O)[C@H](O)[C@]2(O)[C@@H]3CC[C@H]4C(C)(C)O[C@@H]5CC(=O)O[C@@]54C[C@@]3(O)CC[C@]12C. The number of aliphatic hydroxyl groups excluding tert-OH is 3. The number of ether oxygens (including phenoxy) is 3. The van der Waals surface area contributed by atoms with E-state index in [2.05, 4.69) is 0 Å². The highest BCUT2D eigenvalue weighted by Gasteiger charge is 2.78. The van der Waals surface area contributed by atoms with Crippen LogP contribution in [0.2, 0.25) is 0 Å². The number of rotatable bonds is 3. The van der Waals surface area contributed by atoms with E-state index in [1.165, 1.54) is 0 Å². The standard InChI is InChI=1S/C29H44O10/c1-13-10-15(37-24(13)34)21(31)14(2)20-22(32)23(33)29(36)17-7-6-16-25(3,4)38-18-11-19(30)39-28(16,18)12-27(17,35)9-8-26(20,29)5/h13-18,20-23,31-33,35-36H,6-12H2,1-5H3/t13-,14-,15+,16+,17-,18-,20+,21-,22-,23+,26-,27+,28-,29-/m1/s1. The molecule has 0 amide bonds. The summed E-state index contributed by atoms with van der Waals surface area (Å²) in [6.45, 7) is 9.27. The van der Waals surface area contributed by atoms with E-state index >= 15 is 0 Å². The molecule has 14 atom stereocenters. The van der Waals surface area contributed by atoms with Crippen molar-refractivity contribution in [2.75, 3.05) is 0 Å². The maximum absolute atomic E-state index is 12.6. The molecule has 0 aromatic carbocycles. The monoisotopic (exact) mass is 552 g/mol. The van der Waals surface area contributed by atoms with Crippen LogP contribution in [0.15, 0.2) is 0 Å². The Morgan fingerprint density at radius 2 is 1.69 bits per heavy atom. The molecular weight excluding hydrogens is 508 g/mol. The fourth-order valence-electron chi connectivity index (χ4n) is 10.4. The van der Waals surface area contributed by atoms with Gasteiger partial charge in [-0.2, -0.15) is 0 Å². The molecule has 10 heteroatoms. The van der Waals surface area contributed by atoms with Crippen molar-refractivity contribution in [3.63, 3.8) is 0 Å². The van der Waals surface area contributed by atoms with E-state index in [1.807, 2.05) is 20.8 Å². The largest absolute Gasteiger partial charge is 0.459 e. The lowest BCUT2D eigenvalue weighted by atomic mass is 9.50.